The number of benzene rings is 1. The summed E-state index contributed by atoms with van der Waals surface area (Å²) < 4.78 is 1.77. The fraction of sp³-hybridized carbons (Fsp3) is 0.125. The zero-order valence-electron chi connectivity index (χ0n) is 12.4. The molecule has 3 rings (SSSR count). The van der Waals surface area contributed by atoms with Gasteiger partial charge in [0.15, 0.2) is 16.5 Å². The van der Waals surface area contributed by atoms with E-state index in [0.29, 0.717) is 5.82 Å². The highest BCUT2D eigenvalue weighted by atomic mass is 35.5. The van der Waals surface area contributed by atoms with Crippen molar-refractivity contribution in [2.45, 2.75) is 5.92 Å². The molecule has 0 saturated heterocycles. The number of nitrogens with zero attached hydrogens (tertiary/aromatic N) is 7. The van der Waals surface area contributed by atoms with E-state index in [2.05, 4.69) is 21.0 Å². The van der Waals surface area contributed by atoms with E-state index in [1.165, 1.54) is 0 Å². The molecule has 2 heterocycles. The lowest BCUT2D eigenvalue weighted by atomic mass is 10.1. The van der Waals surface area contributed by atoms with Crippen LogP contribution in [0.25, 0.3) is 11.0 Å². The second-order valence-electron chi connectivity index (χ2n) is 4.90. The van der Waals surface area contributed by atoms with E-state index in [-0.39, 0.29) is 22.2 Å². The van der Waals surface area contributed by atoms with Gasteiger partial charge in [0.1, 0.15) is 29.6 Å². The van der Waals surface area contributed by atoms with Crippen molar-refractivity contribution in [2.24, 2.45) is 7.05 Å². The molecule has 0 unspecified atom stereocenters. The molecule has 0 saturated carbocycles. The number of imidazole rings is 1. The molecule has 0 aliphatic heterocycles. The first-order valence-electron chi connectivity index (χ1n) is 6.79. The Morgan fingerprint density at radius 1 is 1.04 bits per heavy atom. The van der Waals surface area contributed by atoms with Crippen molar-refractivity contribution in [3.8, 4) is 18.2 Å². The number of fused-ring (bicyclic) bond motifs is 1. The minimum absolute atomic E-state index is 0.0934. The van der Waals surface area contributed by atoms with Gasteiger partial charge in [-0.3, -0.25) is 0 Å². The third-order valence-corrected chi connectivity index (χ3v) is 3.85. The van der Waals surface area contributed by atoms with Crippen molar-refractivity contribution < 1.29 is 0 Å². The Labute approximate surface area is 142 Å². The highest BCUT2D eigenvalue weighted by Gasteiger charge is 2.26. The van der Waals surface area contributed by atoms with Crippen LogP contribution in [0, 0.1) is 34.0 Å². The second-order valence-corrected chi connectivity index (χ2v) is 5.26. The van der Waals surface area contributed by atoms with Crippen molar-refractivity contribution in [3.05, 3.63) is 52.3 Å². The number of rotatable bonds is 2. The van der Waals surface area contributed by atoms with Gasteiger partial charge in [0.2, 0.25) is 0 Å². The number of aromatic nitrogens is 4. The van der Waals surface area contributed by atoms with Crippen LogP contribution in [0.3, 0.4) is 0 Å². The summed E-state index contributed by atoms with van der Waals surface area (Å²) in [6.45, 7) is 0. The van der Waals surface area contributed by atoms with Crippen LogP contribution >= 0.6 is 11.6 Å². The summed E-state index contributed by atoms with van der Waals surface area (Å²) in [4.78, 5) is 12.4. The van der Waals surface area contributed by atoms with Gasteiger partial charge in [-0.2, -0.15) is 15.8 Å². The van der Waals surface area contributed by atoms with Crippen LogP contribution in [0.1, 0.15) is 28.8 Å². The largest absolute Gasteiger partial charge is 0.330 e. The summed E-state index contributed by atoms with van der Waals surface area (Å²) in [6.07, 6.45) is 0. The highest BCUT2D eigenvalue weighted by molar-refractivity contribution is 6.30. The van der Waals surface area contributed by atoms with E-state index in [1.807, 2.05) is 24.3 Å². The van der Waals surface area contributed by atoms with Crippen molar-refractivity contribution in [3.63, 3.8) is 0 Å². The van der Waals surface area contributed by atoms with Crippen LogP contribution < -0.4 is 0 Å². The molecular formula is C16H8ClN7. The van der Waals surface area contributed by atoms with E-state index in [1.54, 1.807) is 23.8 Å². The minimum Gasteiger partial charge on any atom is -0.330 e. The molecule has 0 bridgehead atoms. The molecule has 8 heteroatoms. The Morgan fingerprint density at radius 3 is 2.33 bits per heavy atom. The molecule has 24 heavy (non-hydrogen) atoms. The molecule has 0 spiro atoms. The lowest BCUT2D eigenvalue weighted by Gasteiger charge is -2.10. The molecular weight excluding hydrogens is 326 g/mol. The van der Waals surface area contributed by atoms with Gasteiger partial charge in [0.25, 0.3) is 0 Å². The lowest BCUT2D eigenvalue weighted by Crippen LogP contribution is -2.11. The van der Waals surface area contributed by atoms with Crippen LogP contribution in [0.4, 0.5) is 0 Å². The Bertz CT molecular complexity index is 1080. The molecule has 3 aromatic rings. The molecule has 0 aliphatic rings. The number of nitriles is 3. The van der Waals surface area contributed by atoms with Crippen LogP contribution in [-0.4, -0.2) is 19.5 Å². The normalized spacial score (nSPS) is 11.5. The number of halogens is 1. The van der Waals surface area contributed by atoms with Gasteiger partial charge in [-0.25, -0.2) is 15.0 Å². The standard InChI is InChI=1S/C16H8ClN7/c1-24-13-5-3-2-4-10(13)23-16(24)9(6-18)14-15(17)22-12(8-20)11(7-19)21-14/h2-5,9H,1H3/t9-/m0/s1. The van der Waals surface area contributed by atoms with Gasteiger partial charge in [-0.1, -0.05) is 23.7 Å². The first kappa shape index (κ1) is 15.4. The van der Waals surface area contributed by atoms with Crippen LogP contribution in [0.2, 0.25) is 5.15 Å². The summed E-state index contributed by atoms with van der Waals surface area (Å²) in [6, 6.07) is 13.1. The van der Waals surface area contributed by atoms with E-state index in [9.17, 15) is 5.26 Å². The minimum atomic E-state index is -0.915. The summed E-state index contributed by atoms with van der Waals surface area (Å²) >= 11 is 6.09. The SMILES string of the molecule is Cn1c([C@@H](C#N)c2nc(C#N)c(C#N)nc2Cl)nc2ccccc21. The smallest absolute Gasteiger partial charge is 0.178 e. The topological polar surface area (TPSA) is 115 Å². The van der Waals surface area contributed by atoms with E-state index in [0.717, 1.165) is 11.0 Å². The van der Waals surface area contributed by atoms with Gasteiger partial charge in [-0.15, -0.1) is 0 Å². The van der Waals surface area contributed by atoms with Crippen LogP contribution in [0.15, 0.2) is 24.3 Å². The average molecular weight is 334 g/mol. The van der Waals surface area contributed by atoms with Gasteiger partial charge in [0.05, 0.1) is 17.1 Å². The van der Waals surface area contributed by atoms with Gasteiger partial charge >= 0.3 is 0 Å². The number of para-hydroxylation sites is 2. The summed E-state index contributed by atoms with van der Waals surface area (Å²) in [5.41, 5.74) is 1.34. The monoisotopic (exact) mass is 333 g/mol. The first-order chi connectivity index (χ1) is 11.6. The second kappa shape index (κ2) is 5.96. The molecule has 0 fully saturated rings. The molecule has 0 aliphatic carbocycles. The summed E-state index contributed by atoms with van der Waals surface area (Å²) in [5.74, 6) is -0.481. The maximum atomic E-state index is 9.62. The van der Waals surface area contributed by atoms with Gasteiger partial charge in [0, 0.05) is 7.05 Å². The molecule has 0 amide bonds. The molecule has 0 N–H and O–H groups in total. The molecule has 1 atom stereocenters. The Hall–Kier alpha value is -3.47. The predicted octanol–water partition coefficient (Wildman–Crippen LogP) is 2.42. The Morgan fingerprint density at radius 2 is 1.71 bits per heavy atom. The third-order valence-electron chi connectivity index (χ3n) is 3.57. The van der Waals surface area contributed by atoms with Gasteiger partial charge in [-0.05, 0) is 12.1 Å². The van der Waals surface area contributed by atoms with Crippen molar-refractivity contribution in [1.82, 2.24) is 19.5 Å². The van der Waals surface area contributed by atoms with Crippen LogP contribution in [-0.2, 0) is 7.05 Å². The first-order valence-corrected chi connectivity index (χ1v) is 7.17. The maximum absolute atomic E-state index is 9.62. The maximum Gasteiger partial charge on any atom is 0.178 e. The summed E-state index contributed by atoms with van der Waals surface area (Å²) in [7, 11) is 1.78. The fourth-order valence-electron chi connectivity index (χ4n) is 2.43. The number of hydrogen-bond acceptors (Lipinski definition) is 6. The summed E-state index contributed by atoms with van der Waals surface area (Å²) in [5, 5.41) is 27.6. The molecule has 114 valence electrons. The third kappa shape index (κ3) is 2.32. The van der Waals surface area contributed by atoms with Crippen molar-refractivity contribution in [2.75, 3.05) is 0 Å². The Kier molecular flexibility index (Phi) is 3.83. The molecule has 7 nitrogen and oxygen atoms in total. The zero-order valence-corrected chi connectivity index (χ0v) is 13.2. The highest BCUT2D eigenvalue weighted by Crippen LogP contribution is 2.29. The van der Waals surface area contributed by atoms with E-state index in [4.69, 9.17) is 22.1 Å². The quantitative estimate of drug-likeness (QED) is 0.711. The lowest BCUT2D eigenvalue weighted by molar-refractivity contribution is 0.779. The van der Waals surface area contributed by atoms with E-state index < -0.39 is 5.92 Å². The average Bonchev–Trinajstić information content (AvgIpc) is 2.93. The van der Waals surface area contributed by atoms with Crippen LogP contribution in [0.5, 0.6) is 0 Å². The molecule has 2 aromatic heterocycles. The Balaban J connectivity index is 2.23. The van der Waals surface area contributed by atoms with E-state index >= 15 is 0 Å². The van der Waals surface area contributed by atoms with Crippen molar-refractivity contribution >= 4 is 22.6 Å². The predicted molar refractivity (Wildman–Crippen MR) is 84.6 cm³/mol. The molecule has 1 aromatic carbocycles. The molecule has 0 radical (unpaired) electrons. The number of hydrogen-bond donors (Lipinski definition) is 0. The fourth-order valence-corrected chi connectivity index (χ4v) is 2.67. The number of aryl methyl sites for hydroxylation is 1. The zero-order chi connectivity index (χ0) is 17.3. The van der Waals surface area contributed by atoms with Crippen molar-refractivity contribution in [1.29, 1.82) is 15.8 Å². The van der Waals surface area contributed by atoms with Gasteiger partial charge < -0.3 is 4.57 Å².